The fourth-order valence-corrected chi connectivity index (χ4v) is 5.40. The number of hydrogen-bond donors (Lipinski definition) is 0. The molecule has 5 heteroatoms. The minimum Gasteiger partial charge on any atom is -0.464 e. The molecule has 0 unspecified atom stereocenters. The number of carbonyl (C=O) groups is 1. The van der Waals surface area contributed by atoms with Crippen molar-refractivity contribution in [1.29, 1.82) is 0 Å². The number of halogens is 1. The summed E-state index contributed by atoms with van der Waals surface area (Å²) in [4.78, 5) is 17.4. The van der Waals surface area contributed by atoms with Gasteiger partial charge in [0.2, 0.25) is 5.91 Å². The van der Waals surface area contributed by atoms with E-state index in [1.165, 1.54) is 11.6 Å². The van der Waals surface area contributed by atoms with Crippen molar-refractivity contribution in [3.05, 3.63) is 83.9 Å². The Balaban J connectivity index is 1.26. The predicted molar refractivity (Wildman–Crippen MR) is 122 cm³/mol. The van der Waals surface area contributed by atoms with Crippen molar-refractivity contribution in [2.45, 2.75) is 38.3 Å². The van der Waals surface area contributed by atoms with Gasteiger partial charge < -0.3 is 9.32 Å². The first-order valence-corrected chi connectivity index (χ1v) is 11.6. The Hall–Kier alpha value is -2.92. The molecule has 0 bridgehead atoms. The summed E-state index contributed by atoms with van der Waals surface area (Å²) in [5.74, 6) is 1.12. The fourth-order valence-electron chi connectivity index (χ4n) is 5.40. The lowest BCUT2D eigenvalue weighted by molar-refractivity contribution is -0.134. The van der Waals surface area contributed by atoms with Gasteiger partial charge in [0, 0.05) is 31.2 Å². The summed E-state index contributed by atoms with van der Waals surface area (Å²) in [6.07, 6.45) is 5.11. The number of rotatable bonds is 5. The van der Waals surface area contributed by atoms with Crippen LogP contribution in [0.15, 0.2) is 71.3 Å². The zero-order valence-corrected chi connectivity index (χ0v) is 18.3. The van der Waals surface area contributed by atoms with Gasteiger partial charge in [0.05, 0.1) is 12.7 Å². The molecule has 166 valence electrons. The molecule has 2 aliphatic rings. The smallest absolute Gasteiger partial charge is 0.227 e. The molecule has 1 aromatic heterocycles. The highest BCUT2D eigenvalue weighted by atomic mass is 19.1. The number of furan rings is 1. The minimum atomic E-state index is -0.296. The molecule has 0 N–H and O–H groups in total. The van der Waals surface area contributed by atoms with Crippen LogP contribution in [0, 0.1) is 11.7 Å². The standard InChI is InChI=1S/C27H29FN2O2/c28-24-11-4-2-7-20(24)17-27(31)30-15-13-25-22(19-30)9-5-14-29(25)18-21-8-1-3-10-23(21)26-12-6-16-32-26/h1-4,6-8,10-12,16,22,25H,5,9,13-15,17-19H2/t22-,25+/m1/s1. The van der Waals surface area contributed by atoms with Gasteiger partial charge in [0.1, 0.15) is 11.6 Å². The molecule has 0 aliphatic carbocycles. The van der Waals surface area contributed by atoms with Gasteiger partial charge in [-0.05, 0) is 61.1 Å². The normalized spacial score (nSPS) is 21.3. The summed E-state index contributed by atoms with van der Waals surface area (Å²) < 4.78 is 19.7. The van der Waals surface area contributed by atoms with Crippen LogP contribution in [-0.2, 0) is 17.8 Å². The van der Waals surface area contributed by atoms with Crippen LogP contribution in [0.4, 0.5) is 4.39 Å². The average Bonchev–Trinajstić information content (AvgIpc) is 3.35. The monoisotopic (exact) mass is 432 g/mol. The summed E-state index contributed by atoms with van der Waals surface area (Å²) in [5.41, 5.74) is 2.91. The molecule has 1 amide bonds. The maximum absolute atomic E-state index is 14.0. The predicted octanol–water partition coefficient (Wildman–Crippen LogP) is 5.14. The molecule has 32 heavy (non-hydrogen) atoms. The highest BCUT2D eigenvalue weighted by Crippen LogP contribution is 2.34. The van der Waals surface area contributed by atoms with E-state index in [4.69, 9.17) is 4.42 Å². The number of amides is 1. The quantitative estimate of drug-likeness (QED) is 0.560. The lowest BCUT2D eigenvalue weighted by Gasteiger charge is -2.47. The van der Waals surface area contributed by atoms with Gasteiger partial charge in [-0.15, -0.1) is 0 Å². The van der Waals surface area contributed by atoms with Crippen LogP contribution in [0.5, 0.6) is 0 Å². The Morgan fingerprint density at radius 3 is 2.59 bits per heavy atom. The number of nitrogens with zero attached hydrogens (tertiary/aromatic N) is 2. The Morgan fingerprint density at radius 2 is 1.78 bits per heavy atom. The number of carbonyl (C=O) groups excluding carboxylic acids is 1. The summed E-state index contributed by atoms with van der Waals surface area (Å²) in [6.45, 7) is 3.48. The molecule has 2 fully saturated rings. The lowest BCUT2D eigenvalue weighted by atomic mass is 9.83. The Labute approximate surface area is 188 Å². The van der Waals surface area contributed by atoms with Crippen LogP contribution in [-0.4, -0.2) is 41.4 Å². The Bertz CT molecular complexity index is 1070. The van der Waals surface area contributed by atoms with E-state index < -0.39 is 0 Å². The SMILES string of the molecule is O=C(Cc1ccccc1F)N1CC[C@H]2[C@H](CCCN2Cc2ccccc2-c2ccco2)C1. The van der Waals surface area contributed by atoms with Gasteiger partial charge in [-0.25, -0.2) is 4.39 Å². The van der Waals surface area contributed by atoms with E-state index in [9.17, 15) is 9.18 Å². The van der Waals surface area contributed by atoms with E-state index >= 15 is 0 Å². The van der Waals surface area contributed by atoms with Gasteiger partial charge >= 0.3 is 0 Å². The zero-order chi connectivity index (χ0) is 21.9. The highest BCUT2D eigenvalue weighted by Gasteiger charge is 2.37. The van der Waals surface area contributed by atoms with E-state index in [1.807, 2.05) is 17.0 Å². The molecular weight excluding hydrogens is 403 g/mol. The minimum absolute atomic E-state index is 0.0360. The Morgan fingerprint density at radius 1 is 0.969 bits per heavy atom. The van der Waals surface area contributed by atoms with Gasteiger partial charge in [0.25, 0.3) is 0 Å². The zero-order valence-electron chi connectivity index (χ0n) is 18.3. The van der Waals surface area contributed by atoms with Gasteiger partial charge in [0.15, 0.2) is 0 Å². The van der Waals surface area contributed by atoms with Crippen LogP contribution >= 0.6 is 0 Å². The first-order valence-electron chi connectivity index (χ1n) is 11.6. The van der Waals surface area contributed by atoms with E-state index in [0.29, 0.717) is 17.5 Å². The summed E-state index contributed by atoms with van der Waals surface area (Å²) in [7, 11) is 0. The molecule has 0 radical (unpaired) electrons. The van der Waals surface area contributed by atoms with Crippen LogP contribution in [0.25, 0.3) is 11.3 Å². The van der Waals surface area contributed by atoms with Crippen molar-refractivity contribution in [3.8, 4) is 11.3 Å². The van der Waals surface area contributed by atoms with Crippen molar-refractivity contribution >= 4 is 5.91 Å². The molecule has 2 saturated heterocycles. The van der Waals surface area contributed by atoms with Crippen molar-refractivity contribution in [2.75, 3.05) is 19.6 Å². The second-order valence-corrected chi connectivity index (χ2v) is 8.97. The third kappa shape index (κ3) is 4.35. The van der Waals surface area contributed by atoms with Gasteiger partial charge in [-0.2, -0.15) is 0 Å². The summed E-state index contributed by atoms with van der Waals surface area (Å²) in [5, 5.41) is 0. The second kappa shape index (κ2) is 9.29. The number of likely N-dealkylation sites (tertiary alicyclic amines) is 2. The third-order valence-electron chi connectivity index (χ3n) is 7.01. The van der Waals surface area contributed by atoms with Crippen molar-refractivity contribution < 1.29 is 13.6 Å². The first kappa shape index (κ1) is 21.0. The molecule has 2 aromatic carbocycles. The molecule has 3 aromatic rings. The number of hydrogen-bond acceptors (Lipinski definition) is 3. The van der Waals surface area contributed by atoms with Crippen LogP contribution in [0.2, 0.25) is 0 Å². The Kier molecular flexibility index (Phi) is 6.08. The van der Waals surface area contributed by atoms with E-state index in [0.717, 1.165) is 56.8 Å². The van der Waals surface area contributed by atoms with Gasteiger partial charge in [-0.3, -0.25) is 9.69 Å². The molecule has 3 heterocycles. The van der Waals surface area contributed by atoms with Crippen molar-refractivity contribution in [3.63, 3.8) is 0 Å². The van der Waals surface area contributed by atoms with Crippen LogP contribution < -0.4 is 0 Å². The molecule has 2 atom stereocenters. The topological polar surface area (TPSA) is 36.7 Å². The fraction of sp³-hybridized carbons (Fsp3) is 0.370. The highest BCUT2D eigenvalue weighted by molar-refractivity contribution is 5.79. The van der Waals surface area contributed by atoms with Crippen molar-refractivity contribution in [1.82, 2.24) is 9.80 Å². The van der Waals surface area contributed by atoms with E-state index in [1.54, 1.807) is 24.5 Å². The molecule has 0 saturated carbocycles. The molecule has 5 rings (SSSR count). The number of fused-ring (bicyclic) bond motifs is 1. The summed E-state index contributed by atoms with van der Waals surface area (Å²) >= 11 is 0. The number of piperidine rings is 2. The van der Waals surface area contributed by atoms with Crippen molar-refractivity contribution in [2.24, 2.45) is 5.92 Å². The molecular formula is C27H29FN2O2. The summed E-state index contributed by atoms with van der Waals surface area (Å²) in [6, 6.07) is 19.5. The van der Waals surface area contributed by atoms with Crippen LogP contribution in [0.1, 0.15) is 30.4 Å². The average molecular weight is 433 g/mol. The molecule has 0 spiro atoms. The maximum atomic E-state index is 14.0. The molecule has 4 nitrogen and oxygen atoms in total. The van der Waals surface area contributed by atoms with E-state index in [-0.39, 0.29) is 18.1 Å². The first-order chi connectivity index (χ1) is 15.7. The maximum Gasteiger partial charge on any atom is 0.227 e. The molecule has 2 aliphatic heterocycles. The van der Waals surface area contributed by atoms with E-state index in [2.05, 4.69) is 29.2 Å². The number of benzene rings is 2. The van der Waals surface area contributed by atoms with Gasteiger partial charge in [-0.1, -0.05) is 42.5 Å². The lowest BCUT2D eigenvalue weighted by Crippen LogP contribution is -2.55. The third-order valence-corrected chi connectivity index (χ3v) is 7.01. The second-order valence-electron chi connectivity index (χ2n) is 8.97. The largest absolute Gasteiger partial charge is 0.464 e. The van der Waals surface area contributed by atoms with Crippen LogP contribution in [0.3, 0.4) is 0 Å².